The van der Waals surface area contributed by atoms with Gasteiger partial charge in [0.25, 0.3) is 5.91 Å². The molecule has 0 saturated carbocycles. The monoisotopic (exact) mass is 337 g/mol. The third-order valence-corrected chi connectivity index (χ3v) is 3.34. The topological polar surface area (TPSA) is 149 Å². The van der Waals surface area contributed by atoms with Crippen molar-refractivity contribution in [2.75, 3.05) is 17.2 Å². The zero-order valence-electron chi connectivity index (χ0n) is 13.1. The standard InChI is InChI=1S/C16H15N7O2/c17-13(24)8-21-16-20-7-11(14(18)25)15(23-16)22-10-3-4-12-9(6-10)2-1-5-19-12/h1-7H,8H2,(H2,17,24)(H2,18,25)(H2,20,21,22,23). The first-order valence-corrected chi connectivity index (χ1v) is 7.34. The van der Waals surface area contributed by atoms with Gasteiger partial charge in [-0.1, -0.05) is 6.07 Å². The molecule has 0 atom stereocenters. The number of hydrogen-bond donors (Lipinski definition) is 4. The molecule has 2 amide bonds. The van der Waals surface area contributed by atoms with Crippen LogP contribution in [0.4, 0.5) is 17.5 Å². The number of amides is 2. The molecule has 6 N–H and O–H groups in total. The van der Waals surface area contributed by atoms with E-state index in [-0.39, 0.29) is 23.9 Å². The molecule has 0 bridgehead atoms. The molecule has 3 aromatic rings. The Kier molecular flexibility index (Phi) is 4.38. The summed E-state index contributed by atoms with van der Waals surface area (Å²) in [4.78, 5) is 34.8. The van der Waals surface area contributed by atoms with E-state index in [4.69, 9.17) is 11.5 Å². The minimum Gasteiger partial charge on any atom is -0.368 e. The highest BCUT2D eigenvalue weighted by Crippen LogP contribution is 2.22. The van der Waals surface area contributed by atoms with Gasteiger partial charge in [0.2, 0.25) is 11.9 Å². The van der Waals surface area contributed by atoms with Crippen LogP contribution in [0.25, 0.3) is 10.9 Å². The number of carbonyl (C=O) groups is 2. The second kappa shape index (κ2) is 6.79. The quantitative estimate of drug-likeness (QED) is 0.519. The third kappa shape index (κ3) is 3.78. The molecule has 0 aliphatic rings. The fraction of sp³-hybridized carbons (Fsp3) is 0.0625. The van der Waals surface area contributed by atoms with Crippen LogP contribution in [0.5, 0.6) is 0 Å². The van der Waals surface area contributed by atoms with Gasteiger partial charge in [-0.3, -0.25) is 14.6 Å². The fourth-order valence-corrected chi connectivity index (χ4v) is 2.20. The molecule has 126 valence electrons. The zero-order chi connectivity index (χ0) is 17.8. The average Bonchev–Trinajstić information content (AvgIpc) is 2.59. The predicted molar refractivity (Wildman–Crippen MR) is 93.3 cm³/mol. The van der Waals surface area contributed by atoms with Gasteiger partial charge in [0.15, 0.2) is 0 Å². The van der Waals surface area contributed by atoms with Crippen LogP contribution >= 0.6 is 0 Å². The minimum atomic E-state index is -0.675. The van der Waals surface area contributed by atoms with Crippen molar-refractivity contribution in [3.8, 4) is 0 Å². The highest BCUT2D eigenvalue weighted by Gasteiger charge is 2.13. The van der Waals surface area contributed by atoms with Crippen LogP contribution in [0.3, 0.4) is 0 Å². The normalized spacial score (nSPS) is 10.4. The van der Waals surface area contributed by atoms with E-state index >= 15 is 0 Å². The highest BCUT2D eigenvalue weighted by atomic mass is 16.1. The summed E-state index contributed by atoms with van der Waals surface area (Å²) >= 11 is 0. The third-order valence-electron chi connectivity index (χ3n) is 3.34. The van der Waals surface area contributed by atoms with Crippen LogP contribution in [0.2, 0.25) is 0 Å². The molecule has 2 aromatic heterocycles. The summed E-state index contributed by atoms with van der Waals surface area (Å²) in [6, 6.07) is 9.26. The van der Waals surface area contributed by atoms with Gasteiger partial charge in [0, 0.05) is 23.5 Å². The van der Waals surface area contributed by atoms with Gasteiger partial charge in [-0.25, -0.2) is 4.98 Å². The predicted octanol–water partition coefficient (Wildman–Crippen LogP) is 0.764. The molecule has 0 saturated heterocycles. The van der Waals surface area contributed by atoms with E-state index in [9.17, 15) is 9.59 Å². The second-order valence-electron chi connectivity index (χ2n) is 5.18. The van der Waals surface area contributed by atoms with E-state index in [0.717, 1.165) is 10.9 Å². The lowest BCUT2D eigenvalue weighted by molar-refractivity contribution is -0.116. The second-order valence-corrected chi connectivity index (χ2v) is 5.18. The number of nitrogens with one attached hydrogen (secondary N) is 2. The van der Waals surface area contributed by atoms with Crippen molar-refractivity contribution >= 4 is 40.2 Å². The molecule has 2 heterocycles. The molecule has 0 fully saturated rings. The summed E-state index contributed by atoms with van der Waals surface area (Å²) < 4.78 is 0. The Hall–Kier alpha value is -3.75. The van der Waals surface area contributed by atoms with Crippen molar-refractivity contribution < 1.29 is 9.59 Å². The largest absolute Gasteiger partial charge is 0.368 e. The van der Waals surface area contributed by atoms with E-state index in [2.05, 4.69) is 25.6 Å². The number of hydrogen-bond acceptors (Lipinski definition) is 7. The summed E-state index contributed by atoms with van der Waals surface area (Å²) in [5.41, 5.74) is 12.1. The first kappa shape index (κ1) is 16.1. The van der Waals surface area contributed by atoms with Crippen LogP contribution in [0.15, 0.2) is 42.7 Å². The number of rotatable bonds is 6. The molecule has 9 nitrogen and oxygen atoms in total. The van der Waals surface area contributed by atoms with Crippen LogP contribution in [0.1, 0.15) is 10.4 Å². The molecule has 9 heteroatoms. The molecule has 0 unspecified atom stereocenters. The molecule has 0 radical (unpaired) electrons. The number of aromatic nitrogens is 3. The number of anilines is 3. The Labute approximate surface area is 142 Å². The van der Waals surface area contributed by atoms with E-state index in [0.29, 0.717) is 5.69 Å². The van der Waals surface area contributed by atoms with E-state index in [1.807, 2.05) is 24.3 Å². The maximum atomic E-state index is 11.6. The van der Waals surface area contributed by atoms with E-state index in [1.54, 1.807) is 12.3 Å². The van der Waals surface area contributed by atoms with Gasteiger partial charge >= 0.3 is 0 Å². The van der Waals surface area contributed by atoms with Gasteiger partial charge < -0.3 is 22.1 Å². The van der Waals surface area contributed by atoms with Crippen molar-refractivity contribution in [3.05, 3.63) is 48.3 Å². The fourth-order valence-electron chi connectivity index (χ4n) is 2.20. The van der Waals surface area contributed by atoms with Crippen LogP contribution in [0, 0.1) is 0 Å². The Balaban J connectivity index is 1.93. The minimum absolute atomic E-state index is 0.121. The summed E-state index contributed by atoms with van der Waals surface area (Å²) in [6.45, 7) is -0.128. The van der Waals surface area contributed by atoms with Crippen molar-refractivity contribution in [1.29, 1.82) is 0 Å². The van der Waals surface area contributed by atoms with Crippen molar-refractivity contribution in [2.45, 2.75) is 0 Å². The number of nitrogens with zero attached hydrogens (tertiary/aromatic N) is 3. The molecular formula is C16H15N7O2. The van der Waals surface area contributed by atoms with Crippen molar-refractivity contribution in [3.63, 3.8) is 0 Å². The number of primary amides is 2. The Morgan fingerprint density at radius 3 is 2.72 bits per heavy atom. The maximum Gasteiger partial charge on any atom is 0.254 e. The molecule has 0 aliphatic carbocycles. The van der Waals surface area contributed by atoms with Crippen LogP contribution in [-0.4, -0.2) is 33.3 Å². The van der Waals surface area contributed by atoms with Gasteiger partial charge in [-0.15, -0.1) is 0 Å². The molecule has 1 aromatic carbocycles. The van der Waals surface area contributed by atoms with Crippen LogP contribution < -0.4 is 22.1 Å². The summed E-state index contributed by atoms with van der Waals surface area (Å²) in [7, 11) is 0. The SMILES string of the molecule is NC(=O)CNc1ncc(C(N)=O)c(Nc2ccc3ncccc3c2)n1. The van der Waals surface area contributed by atoms with Crippen molar-refractivity contribution in [1.82, 2.24) is 15.0 Å². The first-order valence-electron chi connectivity index (χ1n) is 7.34. The summed E-state index contributed by atoms with van der Waals surface area (Å²) in [5, 5.41) is 6.63. The highest BCUT2D eigenvalue weighted by molar-refractivity contribution is 5.98. The molecule has 3 rings (SSSR count). The van der Waals surface area contributed by atoms with Crippen LogP contribution in [-0.2, 0) is 4.79 Å². The van der Waals surface area contributed by atoms with Gasteiger partial charge in [-0.2, -0.15) is 4.98 Å². The molecule has 0 spiro atoms. The number of pyridine rings is 1. The molecule has 0 aliphatic heterocycles. The number of fused-ring (bicyclic) bond motifs is 1. The lowest BCUT2D eigenvalue weighted by Crippen LogP contribution is -2.23. The summed E-state index contributed by atoms with van der Waals surface area (Å²) in [6.07, 6.45) is 2.99. The Morgan fingerprint density at radius 2 is 1.96 bits per heavy atom. The zero-order valence-corrected chi connectivity index (χ0v) is 13.1. The molecule has 25 heavy (non-hydrogen) atoms. The van der Waals surface area contributed by atoms with E-state index in [1.165, 1.54) is 6.20 Å². The van der Waals surface area contributed by atoms with Gasteiger partial charge in [-0.05, 0) is 24.3 Å². The summed E-state index contributed by atoms with van der Waals surface area (Å²) in [5.74, 6) is -0.864. The maximum absolute atomic E-state index is 11.6. The Bertz CT molecular complexity index is 958. The number of carbonyl (C=O) groups excluding carboxylic acids is 2. The first-order chi connectivity index (χ1) is 12.0. The molecular weight excluding hydrogens is 322 g/mol. The smallest absolute Gasteiger partial charge is 0.254 e. The van der Waals surface area contributed by atoms with E-state index < -0.39 is 11.8 Å². The van der Waals surface area contributed by atoms with Crippen molar-refractivity contribution in [2.24, 2.45) is 11.5 Å². The number of nitrogens with two attached hydrogens (primary N) is 2. The number of benzene rings is 1. The lowest BCUT2D eigenvalue weighted by Gasteiger charge is -2.11. The average molecular weight is 337 g/mol. The van der Waals surface area contributed by atoms with Gasteiger partial charge in [0.05, 0.1) is 12.1 Å². The van der Waals surface area contributed by atoms with Gasteiger partial charge in [0.1, 0.15) is 11.4 Å². The lowest BCUT2D eigenvalue weighted by atomic mass is 10.2. The Morgan fingerprint density at radius 1 is 1.12 bits per heavy atom.